The van der Waals surface area contributed by atoms with Gasteiger partial charge >= 0.3 is 5.97 Å². The molecule has 2 rings (SSSR count). The summed E-state index contributed by atoms with van der Waals surface area (Å²) < 4.78 is 31.7. The zero-order valence-corrected chi connectivity index (χ0v) is 17.0. The number of rotatable bonds is 7. The standard InChI is InChI=1S/C19H28N2O5S/c1-15(2)20(3)18(22)14-26-19(23)13-16-7-9-17(10-8-16)27(24,25)21-11-5-4-6-12-21/h7-10,15H,4-6,11-14H2,1-3H3. The number of carbonyl (C=O) groups excluding carboxylic acids is 2. The van der Waals surface area contributed by atoms with Crippen molar-refractivity contribution in [3.05, 3.63) is 29.8 Å². The molecule has 1 amide bonds. The second kappa shape index (κ2) is 9.32. The van der Waals surface area contributed by atoms with Crippen LogP contribution in [0.1, 0.15) is 38.7 Å². The van der Waals surface area contributed by atoms with Crippen molar-refractivity contribution < 1.29 is 22.7 Å². The Morgan fingerprint density at radius 1 is 1.11 bits per heavy atom. The molecule has 0 spiro atoms. The number of sulfonamides is 1. The Labute approximate surface area is 161 Å². The number of benzene rings is 1. The van der Waals surface area contributed by atoms with Gasteiger partial charge in [-0.25, -0.2) is 8.42 Å². The topological polar surface area (TPSA) is 84.0 Å². The summed E-state index contributed by atoms with van der Waals surface area (Å²) in [6.45, 7) is 4.55. The van der Waals surface area contributed by atoms with Gasteiger partial charge in [0.25, 0.3) is 5.91 Å². The molecule has 0 radical (unpaired) electrons. The van der Waals surface area contributed by atoms with Gasteiger partial charge in [0.05, 0.1) is 11.3 Å². The van der Waals surface area contributed by atoms with Gasteiger partial charge in [-0.15, -0.1) is 0 Å². The SMILES string of the molecule is CC(C)N(C)C(=O)COC(=O)Cc1ccc(S(=O)(=O)N2CCCCC2)cc1. The minimum Gasteiger partial charge on any atom is -0.455 e. The van der Waals surface area contributed by atoms with E-state index in [9.17, 15) is 18.0 Å². The third-order valence-corrected chi connectivity index (χ3v) is 6.66. The van der Waals surface area contributed by atoms with Crippen LogP contribution in [-0.2, 0) is 30.8 Å². The third-order valence-electron chi connectivity index (χ3n) is 4.75. The van der Waals surface area contributed by atoms with Gasteiger partial charge in [-0.2, -0.15) is 4.31 Å². The fourth-order valence-electron chi connectivity index (χ4n) is 2.78. The number of nitrogens with zero attached hydrogens (tertiary/aromatic N) is 2. The molecule has 150 valence electrons. The van der Waals surface area contributed by atoms with E-state index in [1.807, 2.05) is 13.8 Å². The van der Waals surface area contributed by atoms with E-state index >= 15 is 0 Å². The van der Waals surface area contributed by atoms with Crippen LogP contribution in [0.25, 0.3) is 0 Å². The van der Waals surface area contributed by atoms with Crippen LogP contribution < -0.4 is 0 Å². The Bertz CT molecular complexity index is 753. The van der Waals surface area contributed by atoms with Crippen LogP contribution in [0, 0.1) is 0 Å². The minimum atomic E-state index is -3.48. The van der Waals surface area contributed by atoms with Crippen molar-refractivity contribution >= 4 is 21.9 Å². The summed E-state index contributed by atoms with van der Waals surface area (Å²) in [6.07, 6.45) is 2.81. The summed E-state index contributed by atoms with van der Waals surface area (Å²) in [5, 5.41) is 0. The minimum absolute atomic E-state index is 0.0112. The normalized spacial score (nSPS) is 15.6. The molecular weight excluding hydrogens is 368 g/mol. The van der Waals surface area contributed by atoms with Gasteiger partial charge in [0.1, 0.15) is 0 Å². The van der Waals surface area contributed by atoms with Crippen molar-refractivity contribution in [2.45, 2.75) is 50.5 Å². The number of carbonyl (C=O) groups is 2. The first-order valence-electron chi connectivity index (χ1n) is 9.22. The largest absolute Gasteiger partial charge is 0.455 e. The predicted octanol–water partition coefficient (Wildman–Crippen LogP) is 1.81. The molecule has 0 unspecified atom stereocenters. The molecule has 1 aromatic rings. The molecule has 0 N–H and O–H groups in total. The van der Waals surface area contributed by atoms with Crippen molar-refractivity contribution in [1.82, 2.24) is 9.21 Å². The molecule has 0 bridgehead atoms. The fourth-order valence-corrected chi connectivity index (χ4v) is 4.30. The number of piperidine rings is 1. The highest BCUT2D eigenvalue weighted by Gasteiger charge is 2.25. The van der Waals surface area contributed by atoms with Crippen LogP contribution in [0.2, 0.25) is 0 Å². The number of ether oxygens (including phenoxy) is 1. The van der Waals surface area contributed by atoms with Crippen molar-refractivity contribution in [1.29, 1.82) is 0 Å². The monoisotopic (exact) mass is 396 g/mol. The van der Waals surface area contributed by atoms with Gasteiger partial charge in [0, 0.05) is 26.2 Å². The Morgan fingerprint density at radius 3 is 2.26 bits per heavy atom. The van der Waals surface area contributed by atoms with E-state index in [4.69, 9.17) is 4.74 Å². The molecule has 1 heterocycles. The Morgan fingerprint density at radius 2 is 1.70 bits per heavy atom. The third kappa shape index (κ3) is 5.77. The van der Waals surface area contributed by atoms with E-state index in [1.54, 1.807) is 19.2 Å². The Balaban J connectivity index is 1.91. The van der Waals surface area contributed by atoms with E-state index in [0.29, 0.717) is 18.7 Å². The highest BCUT2D eigenvalue weighted by molar-refractivity contribution is 7.89. The Hall–Kier alpha value is -1.93. The lowest BCUT2D eigenvalue weighted by atomic mass is 10.1. The van der Waals surface area contributed by atoms with E-state index in [0.717, 1.165) is 19.3 Å². The summed E-state index contributed by atoms with van der Waals surface area (Å²) >= 11 is 0. The molecule has 27 heavy (non-hydrogen) atoms. The zero-order chi connectivity index (χ0) is 20.0. The van der Waals surface area contributed by atoms with E-state index in [-0.39, 0.29) is 29.9 Å². The molecule has 1 aromatic carbocycles. The van der Waals surface area contributed by atoms with Gasteiger partial charge in [-0.05, 0) is 44.4 Å². The van der Waals surface area contributed by atoms with Crippen LogP contribution in [0.4, 0.5) is 0 Å². The first kappa shape index (κ1) is 21.4. The Kier molecular flexibility index (Phi) is 7.38. The lowest BCUT2D eigenvalue weighted by Crippen LogP contribution is -2.36. The summed E-state index contributed by atoms with van der Waals surface area (Å²) in [5.41, 5.74) is 0.641. The van der Waals surface area contributed by atoms with Crippen LogP contribution in [-0.4, -0.2) is 62.3 Å². The number of amides is 1. The van der Waals surface area contributed by atoms with Gasteiger partial charge in [0.15, 0.2) is 6.61 Å². The van der Waals surface area contributed by atoms with Crippen molar-refractivity contribution in [2.75, 3.05) is 26.7 Å². The molecule has 0 saturated carbocycles. The van der Waals surface area contributed by atoms with Crippen LogP contribution in [0.15, 0.2) is 29.2 Å². The zero-order valence-electron chi connectivity index (χ0n) is 16.2. The molecule has 8 heteroatoms. The second-order valence-corrected chi connectivity index (χ2v) is 8.98. The number of likely N-dealkylation sites (N-methyl/N-ethyl adjacent to an activating group) is 1. The first-order valence-corrected chi connectivity index (χ1v) is 10.7. The van der Waals surface area contributed by atoms with Gasteiger partial charge in [0.2, 0.25) is 10.0 Å². The number of hydrogen-bond donors (Lipinski definition) is 0. The quantitative estimate of drug-likeness (QED) is 0.657. The molecule has 7 nitrogen and oxygen atoms in total. The highest BCUT2D eigenvalue weighted by Crippen LogP contribution is 2.21. The van der Waals surface area contributed by atoms with Crippen LogP contribution in [0.5, 0.6) is 0 Å². The fraction of sp³-hybridized carbons (Fsp3) is 0.579. The van der Waals surface area contributed by atoms with Gasteiger partial charge in [-0.1, -0.05) is 18.6 Å². The maximum atomic E-state index is 12.6. The highest BCUT2D eigenvalue weighted by atomic mass is 32.2. The predicted molar refractivity (Wildman–Crippen MR) is 102 cm³/mol. The second-order valence-electron chi connectivity index (χ2n) is 7.04. The number of esters is 1. The maximum absolute atomic E-state index is 12.6. The molecule has 1 aliphatic rings. The molecule has 0 atom stereocenters. The maximum Gasteiger partial charge on any atom is 0.310 e. The lowest BCUT2D eigenvalue weighted by Gasteiger charge is -2.25. The molecule has 1 fully saturated rings. The van der Waals surface area contributed by atoms with Crippen LogP contribution in [0.3, 0.4) is 0 Å². The number of hydrogen-bond acceptors (Lipinski definition) is 5. The van der Waals surface area contributed by atoms with Crippen molar-refractivity contribution in [3.63, 3.8) is 0 Å². The smallest absolute Gasteiger partial charge is 0.310 e. The van der Waals surface area contributed by atoms with Gasteiger partial charge < -0.3 is 9.64 Å². The summed E-state index contributed by atoms with van der Waals surface area (Å²) in [4.78, 5) is 25.5. The first-order chi connectivity index (χ1) is 12.7. The molecule has 1 saturated heterocycles. The average molecular weight is 397 g/mol. The summed E-state index contributed by atoms with van der Waals surface area (Å²) in [6, 6.07) is 6.29. The molecular formula is C19H28N2O5S. The van der Waals surface area contributed by atoms with E-state index in [1.165, 1.54) is 21.3 Å². The molecule has 1 aliphatic heterocycles. The summed E-state index contributed by atoms with van der Waals surface area (Å²) in [5.74, 6) is -0.784. The van der Waals surface area contributed by atoms with E-state index in [2.05, 4.69) is 0 Å². The molecule has 0 aromatic heterocycles. The average Bonchev–Trinajstić information content (AvgIpc) is 2.66. The summed E-state index contributed by atoms with van der Waals surface area (Å²) in [7, 11) is -1.82. The van der Waals surface area contributed by atoms with E-state index < -0.39 is 16.0 Å². The van der Waals surface area contributed by atoms with Gasteiger partial charge in [-0.3, -0.25) is 9.59 Å². The van der Waals surface area contributed by atoms with Crippen molar-refractivity contribution in [2.24, 2.45) is 0 Å². The lowest BCUT2D eigenvalue weighted by molar-refractivity contribution is -0.151. The van der Waals surface area contributed by atoms with Crippen molar-refractivity contribution in [3.8, 4) is 0 Å². The van der Waals surface area contributed by atoms with Crippen LogP contribution >= 0.6 is 0 Å². The molecule has 0 aliphatic carbocycles.